The lowest BCUT2D eigenvalue weighted by Gasteiger charge is -2.10. The fourth-order valence-electron chi connectivity index (χ4n) is 1.45. The van der Waals surface area contributed by atoms with Gasteiger partial charge in [0, 0.05) is 16.1 Å². The van der Waals surface area contributed by atoms with E-state index in [1.165, 1.54) is 22.0 Å². The predicted molar refractivity (Wildman–Crippen MR) is 58.6 cm³/mol. The molecule has 0 saturated carbocycles. The van der Waals surface area contributed by atoms with E-state index in [4.69, 9.17) is 0 Å². The summed E-state index contributed by atoms with van der Waals surface area (Å²) in [6.07, 6.45) is 0. The molecular formula is C10H12S2. The molecule has 1 aromatic rings. The predicted octanol–water partition coefficient (Wildman–Crippen LogP) is 3.69. The monoisotopic (exact) mass is 196 g/mol. The van der Waals surface area contributed by atoms with E-state index < -0.39 is 0 Å². The van der Waals surface area contributed by atoms with E-state index in [0.29, 0.717) is 5.25 Å². The fraction of sp³-hybridized carbons (Fsp3) is 0.400. The van der Waals surface area contributed by atoms with Gasteiger partial charge < -0.3 is 0 Å². The van der Waals surface area contributed by atoms with Gasteiger partial charge in [-0.2, -0.15) is 0 Å². The molecule has 0 fully saturated rings. The molecule has 1 heterocycles. The van der Waals surface area contributed by atoms with Crippen LogP contribution in [0.3, 0.4) is 0 Å². The molecule has 0 aliphatic carbocycles. The SMILES string of the molecule is CC1SCSCc2ccccc21. The van der Waals surface area contributed by atoms with Crippen molar-refractivity contribution in [3.8, 4) is 0 Å². The van der Waals surface area contributed by atoms with Crippen LogP contribution in [0.15, 0.2) is 24.3 Å². The van der Waals surface area contributed by atoms with Crippen molar-refractivity contribution < 1.29 is 0 Å². The Morgan fingerprint density at radius 2 is 2.17 bits per heavy atom. The van der Waals surface area contributed by atoms with Gasteiger partial charge in [0.2, 0.25) is 0 Å². The molecule has 0 saturated heterocycles. The van der Waals surface area contributed by atoms with Gasteiger partial charge in [0.25, 0.3) is 0 Å². The van der Waals surface area contributed by atoms with Gasteiger partial charge in [-0.1, -0.05) is 24.3 Å². The maximum absolute atomic E-state index is 2.30. The zero-order chi connectivity index (χ0) is 8.39. The molecule has 1 aromatic carbocycles. The van der Waals surface area contributed by atoms with Crippen LogP contribution in [-0.4, -0.2) is 5.08 Å². The third-order valence-electron chi connectivity index (χ3n) is 2.15. The molecule has 0 aromatic heterocycles. The molecule has 2 rings (SSSR count). The van der Waals surface area contributed by atoms with Gasteiger partial charge in [-0.3, -0.25) is 0 Å². The van der Waals surface area contributed by atoms with Crippen molar-refractivity contribution in [2.75, 3.05) is 5.08 Å². The highest BCUT2D eigenvalue weighted by Crippen LogP contribution is 2.38. The van der Waals surface area contributed by atoms with E-state index in [1.54, 1.807) is 0 Å². The van der Waals surface area contributed by atoms with Crippen molar-refractivity contribution in [3.05, 3.63) is 35.4 Å². The summed E-state index contributed by atoms with van der Waals surface area (Å²) >= 11 is 4.07. The number of fused-ring (bicyclic) bond motifs is 1. The molecule has 1 aliphatic heterocycles. The Kier molecular flexibility index (Phi) is 2.66. The van der Waals surface area contributed by atoms with Crippen LogP contribution < -0.4 is 0 Å². The van der Waals surface area contributed by atoms with Crippen LogP contribution in [0, 0.1) is 0 Å². The van der Waals surface area contributed by atoms with Crippen molar-refractivity contribution in [1.29, 1.82) is 0 Å². The quantitative estimate of drug-likeness (QED) is 0.621. The third-order valence-corrected chi connectivity index (χ3v) is 4.63. The van der Waals surface area contributed by atoms with Crippen LogP contribution in [0.2, 0.25) is 0 Å². The van der Waals surface area contributed by atoms with Crippen molar-refractivity contribution >= 4 is 23.5 Å². The Hall–Kier alpha value is -0.0800. The number of benzene rings is 1. The normalized spacial score (nSPS) is 22.9. The van der Waals surface area contributed by atoms with Crippen molar-refractivity contribution in [1.82, 2.24) is 0 Å². The minimum atomic E-state index is 0.677. The van der Waals surface area contributed by atoms with Gasteiger partial charge in [-0.25, -0.2) is 0 Å². The Bertz CT molecular complexity index is 270. The topological polar surface area (TPSA) is 0 Å². The summed E-state index contributed by atoms with van der Waals surface area (Å²) in [4.78, 5) is 0. The van der Waals surface area contributed by atoms with Crippen LogP contribution in [-0.2, 0) is 5.75 Å². The van der Waals surface area contributed by atoms with Gasteiger partial charge in [-0.05, 0) is 18.1 Å². The van der Waals surface area contributed by atoms with Crippen molar-refractivity contribution in [3.63, 3.8) is 0 Å². The standard InChI is InChI=1S/C10H12S2/c1-8-10-5-3-2-4-9(10)6-11-7-12-8/h2-5,8H,6-7H2,1H3. The first-order valence-electron chi connectivity index (χ1n) is 4.15. The summed E-state index contributed by atoms with van der Waals surface area (Å²) in [5.41, 5.74) is 3.06. The smallest absolute Gasteiger partial charge is 0.0401 e. The highest BCUT2D eigenvalue weighted by molar-refractivity contribution is 8.15. The van der Waals surface area contributed by atoms with Crippen LogP contribution in [0.1, 0.15) is 23.3 Å². The Balaban J connectivity index is 2.39. The van der Waals surface area contributed by atoms with Gasteiger partial charge in [-0.15, -0.1) is 23.5 Å². The molecule has 64 valence electrons. The number of thioether (sulfide) groups is 2. The Labute approximate surface area is 82.1 Å². The van der Waals surface area contributed by atoms with Crippen molar-refractivity contribution in [2.45, 2.75) is 17.9 Å². The average molecular weight is 196 g/mol. The minimum absolute atomic E-state index is 0.677. The number of hydrogen-bond acceptors (Lipinski definition) is 2. The lowest BCUT2D eigenvalue weighted by molar-refractivity contribution is 1.08. The lowest BCUT2D eigenvalue weighted by atomic mass is 10.1. The molecular weight excluding hydrogens is 184 g/mol. The number of rotatable bonds is 0. The van der Waals surface area contributed by atoms with E-state index in [1.807, 2.05) is 23.5 Å². The molecule has 0 nitrogen and oxygen atoms in total. The van der Waals surface area contributed by atoms with Gasteiger partial charge in [0.15, 0.2) is 0 Å². The maximum Gasteiger partial charge on any atom is 0.0401 e. The third kappa shape index (κ3) is 1.64. The first-order chi connectivity index (χ1) is 5.88. The lowest BCUT2D eigenvalue weighted by Crippen LogP contribution is -1.91. The summed E-state index contributed by atoms with van der Waals surface area (Å²) in [7, 11) is 0. The molecule has 0 amide bonds. The Morgan fingerprint density at radius 1 is 1.33 bits per heavy atom. The zero-order valence-corrected chi connectivity index (χ0v) is 8.75. The Morgan fingerprint density at radius 3 is 3.08 bits per heavy atom. The molecule has 1 unspecified atom stereocenters. The fourth-order valence-corrected chi connectivity index (χ4v) is 3.88. The van der Waals surface area contributed by atoms with Crippen LogP contribution >= 0.6 is 23.5 Å². The molecule has 1 atom stereocenters. The van der Waals surface area contributed by atoms with E-state index in [0.717, 1.165) is 0 Å². The second kappa shape index (κ2) is 3.75. The molecule has 0 spiro atoms. The zero-order valence-electron chi connectivity index (χ0n) is 7.12. The molecule has 0 bridgehead atoms. The minimum Gasteiger partial charge on any atom is -0.146 e. The van der Waals surface area contributed by atoms with Gasteiger partial charge >= 0.3 is 0 Å². The second-order valence-electron chi connectivity index (χ2n) is 2.97. The molecule has 0 radical (unpaired) electrons. The molecule has 2 heteroatoms. The average Bonchev–Trinajstić information content (AvgIpc) is 2.29. The van der Waals surface area contributed by atoms with E-state index in [9.17, 15) is 0 Å². The van der Waals surface area contributed by atoms with E-state index in [2.05, 4.69) is 31.2 Å². The van der Waals surface area contributed by atoms with Crippen LogP contribution in [0.25, 0.3) is 0 Å². The maximum atomic E-state index is 2.30. The summed E-state index contributed by atoms with van der Waals surface area (Å²) in [5, 5.41) is 1.91. The molecule has 12 heavy (non-hydrogen) atoms. The summed E-state index contributed by atoms with van der Waals surface area (Å²) in [6.45, 7) is 2.30. The second-order valence-corrected chi connectivity index (χ2v) is 5.65. The summed E-state index contributed by atoms with van der Waals surface area (Å²) < 4.78 is 0. The molecule has 0 N–H and O–H groups in total. The largest absolute Gasteiger partial charge is 0.146 e. The van der Waals surface area contributed by atoms with Crippen molar-refractivity contribution in [2.24, 2.45) is 0 Å². The van der Waals surface area contributed by atoms with Gasteiger partial charge in [0.05, 0.1) is 0 Å². The first-order valence-corrected chi connectivity index (χ1v) is 6.35. The summed E-state index contributed by atoms with van der Waals surface area (Å²) in [5.74, 6) is 1.19. The highest BCUT2D eigenvalue weighted by Gasteiger charge is 2.13. The number of hydrogen-bond donors (Lipinski definition) is 0. The first kappa shape index (κ1) is 8.52. The van der Waals surface area contributed by atoms with Crippen LogP contribution in [0.4, 0.5) is 0 Å². The van der Waals surface area contributed by atoms with E-state index >= 15 is 0 Å². The summed E-state index contributed by atoms with van der Waals surface area (Å²) in [6, 6.07) is 8.80. The van der Waals surface area contributed by atoms with E-state index in [-0.39, 0.29) is 0 Å². The van der Waals surface area contributed by atoms with Crippen LogP contribution in [0.5, 0.6) is 0 Å². The molecule has 1 aliphatic rings. The van der Waals surface area contributed by atoms with Gasteiger partial charge in [0.1, 0.15) is 0 Å². The highest BCUT2D eigenvalue weighted by atomic mass is 32.2.